The zero-order chi connectivity index (χ0) is 14.0. The molecule has 0 aliphatic heterocycles. The topological polar surface area (TPSA) is 24.9 Å². The summed E-state index contributed by atoms with van der Waals surface area (Å²) in [5, 5.41) is 2.88. The van der Waals surface area contributed by atoms with Crippen molar-refractivity contribution in [3.05, 3.63) is 44.3 Å². The molecule has 1 aromatic carbocycles. The van der Waals surface area contributed by atoms with Gasteiger partial charge in [-0.1, -0.05) is 23.2 Å². The van der Waals surface area contributed by atoms with Gasteiger partial charge in [0.1, 0.15) is 0 Å². The summed E-state index contributed by atoms with van der Waals surface area (Å²) in [4.78, 5) is 4.66. The van der Waals surface area contributed by atoms with Crippen LogP contribution in [0.2, 0.25) is 9.49 Å². The maximum atomic E-state index is 12.6. The lowest BCUT2D eigenvalue weighted by atomic mass is 10.2. The number of alkyl halides is 3. The quantitative estimate of drug-likeness (QED) is 0.850. The van der Waals surface area contributed by atoms with Crippen LogP contribution in [0, 0.1) is 0 Å². The van der Waals surface area contributed by atoms with E-state index in [1.807, 2.05) is 0 Å². The lowest BCUT2D eigenvalue weighted by Crippen LogP contribution is -2.06. The summed E-state index contributed by atoms with van der Waals surface area (Å²) in [5.74, 6) is 0. The maximum absolute atomic E-state index is 12.6. The minimum Gasteiger partial charge on any atom is -0.380 e. The molecule has 0 fully saturated rings. The van der Waals surface area contributed by atoms with Crippen molar-refractivity contribution in [1.29, 1.82) is 0 Å². The number of thiazole rings is 1. The van der Waals surface area contributed by atoms with Crippen LogP contribution in [0.5, 0.6) is 0 Å². The Bertz CT molecular complexity index is 584. The Morgan fingerprint density at radius 3 is 2.53 bits per heavy atom. The molecular weight excluding hydrogens is 320 g/mol. The molecule has 0 aliphatic carbocycles. The molecular formula is C11H7Cl2F3N2S. The maximum Gasteiger partial charge on any atom is 0.416 e. The summed E-state index contributed by atoms with van der Waals surface area (Å²) in [6.07, 6.45) is -2.86. The predicted molar refractivity (Wildman–Crippen MR) is 70.9 cm³/mol. The lowest BCUT2D eigenvalue weighted by Gasteiger charge is -2.11. The van der Waals surface area contributed by atoms with E-state index >= 15 is 0 Å². The van der Waals surface area contributed by atoms with Crippen molar-refractivity contribution in [1.82, 2.24) is 4.98 Å². The standard InChI is InChI=1S/C11H7Cl2F3N2S/c12-7-1-6(11(14,15)16)2-8(3-7)17-4-9-5-18-10(13)19-9/h1-3,5,17H,4H2. The summed E-state index contributed by atoms with van der Waals surface area (Å²) in [6.45, 7) is 0.335. The first kappa shape index (κ1) is 14.4. The average molecular weight is 327 g/mol. The molecule has 0 bridgehead atoms. The lowest BCUT2D eigenvalue weighted by molar-refractivity contribution is -0.137. The normalized spacial score (nSPS) is 11.6. The second-order valence-corrected chi connectivity index (χ2v) is 5.79. The van der Waals surface area contributed by atoms with Gasteiger partial charge >= 0.3 is 6.18 Å². The fraction of sp³-hybridized carbons (Fsp3) is 0.182. The van der Waals surface area contributed by atoms with Gasteiger partial charge in [-0.15, -0.1) is 11.3 Å². The van der Waals surface area contributed by atoms with Crippen LogP contribution in [0.1, 0.15) is 10.4 Å². The Balaban J connectivity index is 2.14. The molecule has 1 aromatic heterocycles. The first-order valence-electron chi connectivity index (χ1n) is 5.06. The number of aromatic nitrogens is 1. The van der Waals surface area contributed by atoms with Crippen molar-refractivity contribution in [3.63, 3.8) is 0 Å². The zero-order valence-electron chi connectivity index (χ0n) is 9.26. The van der Waals surface area contributed by atoms with E-state index in [1.54, 1.807) is 6.20 Å². The van der Waals surface area contributed by atoms with Crippen molar-refractivity contribution in [2.75, 3.05) is 5.32 Å². The van der Waals surface area contributed by atoms with Crippen LogP contribution in [0.25, 0.3) is 0 Å². The van der Waals surface area contributed by atoms with Crippen LogP contribution in [0.4, 0.5) is 18.9 Å². The van der Waals surface area contributed by atoms with E-state index in [1.165, 1.54) is 17.4 Å². The second-order valence-electron chi connectivity index (χ2n) is 3.66. The molecule has 0 saturated heterocycles. The predicted octanol–water partition coefficient (Wildman–Crippen LogP) is 5.08. The summed E-state index contributed by atoms with van der Waals surface area (Å²) in [5.41, 5.74) is -0.491. The molecule has 19 heavy (non-hydrogen) atoms. The van der Waals surface area contributed by atoms with Gasteiger partial charge in [0.2, 0.25) is 0 Å². The highest BCUT2D eigenvalue weighted by molar-refractivity contribution is 7.15. The van der Waals surface area contributed by atoms with E-state index in [4.69, 9.17) is 23.2 Å². The number of halogens is 5. The van der Waals surface area contributed by atoms with Gasteiger partial charge in [-0.05, 0) is 18.2 Å². The monoisotopic (exact) mass is 326 g/mol. The van der Waals surface area contributed by atoms with Gasteiger partial charge in [0, 0.05) is 21.8 Å². The van der Waals surface area contributed by atoms with E-state index in [2.05, 4.69) is 10.3 Å². The van der Waals surface area contributed by atoms with E-state index in [0.717, 1.165) is 17.0 Å². The third-order valence-corrected chi connectivity index (χ3v) is 3.55. The molecule has 0 amide bonds. The van der Waals surface area contributed by atoms with Crippen LogP contribution in [-0.4, -0.2) is 4.98 Å². The van der Waals surface area contributed by atoms with Crippen LogP contribution in [0.3, 0.4) is 0 Å². The van der Waals surface area contributed by atoms with Crippen molar-refractivity contribution in [2.45, 2.75) is 12.7 Å². The van der Waals surface area contributed by atoms with Gasteiger partial charge in [-0.3, -0.25) is 0 Å². The van der Waals surface area contributed by atoms with Crippen LogP contribution >= 0.6 is 34.5 Å². The molecule has 0 aliphatic rings. The van der Waals surface area contributed by atoms with E-state index in [-0.39, 0.29) is 5.02 Å². The summed E-state index contributed by atoms with van der Waals surface area (Å²) < 4.78 is 38.2. The molecule has 102 valence electrons. The van der Waals surface area contributed by atoms with Gasteiger partial charge < -0.3 is 5.32 Å². The fourth-order valence-corrected chi connectivity index (χ4v) is 2.56. The Kier molecular flexibility index (Phi) is 4.23. The molecule has 1 N–H and O–H groups in total. The molecule has 2 nitrogen and oxygen atoms in total. The molecule has 0 spiro atoms. The highest BCUT2D eigenvalue weighted by Crippen LogP contribution is 2.33. The number of nitrogens with zero attached hydrogens (tertiary/aromatic N) is 1. The van der Waals surface area contributed by atoms with Crippen LogP contribution in [-0.2, 0) is 12.7 Å². The molecule has 0 atom stereocenters. The highest BCUT2D eigenvalue weighted by atomic mass is 35.5. The van der Waals surface area contributed by atoms with Crippen molar-refractivity contribution in [2.24, 2.45) is 0 Å². The number of hydrogen-bond acceptors (Lipinski definition) is 3. The second kappa shape index (κ2) is 5.56. The molecule has 0 unspecified atom stereocenters. The fourth-order valence-electron chi connectivity index (χ4n) is 1.41. The van der Waals surface area contributed by atoms with Crippen LogP contribution < -0.4 is 5.32 Å². The SMILES string of the molecule is FC(F)(F)c1cc(Cl)cc(NCc2cnc(Cl)s2)c1. The smallest absolute Gasteiger partial charge is 0.380 e. The third kappa shape index (κ3) is 3.99. The number of anilines is 1. The minimum absolute atomic E-state index is 0.0275. The van der Waals surface area contributed by atoms with Gasteiger partial charge in [0.05, 0.1) is 12.1 Å². The number of rotatable bonds is 3. The summed E-state index contributed by atoms with van der Waals surface area (Å²) >= 11 is 12.6. The van der Waals surface area contributed by atoms with Crippen molar-refractivity contribution < 1.29 is 13.2 Å². The van der Waals surface area contributed by atoms with E-state index in [9.17, 15) is 13.2 Å². The average Bonchev–Trinajstić information content (AvgIpc) is 2.71. The van der Waals surface area contributed by atoms with Crippen molar-refractivity contribution >= 4 is 40.2 Å². The van der Waals surface area contributed by atoms with Gasteiger partial charge in [-0.2, -0.15) is 13.2 Å². The van der Waals surface area contributed by atoms with E-state index in [0.29, 0.717) is 16.7 Å². The van der Waals surface area contributed by atoms with Crippen molar-refractivity contribution in [3.8, 4) is 0 Å². The number of nitrogens with one attached hydrogen (secondary N) is 1. The van der Waals surface area contributed by atoms with Gasteiger partial charge in [0.15, 0.2) is 4.47 Å². The number of benzene rings is 1. The summed E-state index contributed by atoms with van der Waals surface area (Å²) in [7, 11) is 0. The molecule has 2 aromatic rings. The first-order chi connectivity index (χ1) is 8.84. The van der Waals surface area contributed by atoms with E-state index < -0.39 is 11.7 Å². The molecule has 0 saturated carbocycles. The number of hydrogen-bond donors (Lipinski definition) is 1. The molecule has 1 heterocycles. The van der Waals surface area contributed by atoms with Gasteiger partial charge in [0.25, 0.3) is 0 Å². The summed E-state index contributed by atoms with van der Waals surface area (Å²) in [6, 6.07) is 3.32. The van der Waals surface area contributed by atoms with Gasteiger partial charge in [-0.25, -0.2) is 4.98 Å². The van der Waals surface area contributed by atoms with Crippen LogP contribution in [0.15, 0.2) is 24.4 Å². The third-order valence-electron chi connectivity index (χ3n) is 2.22. The Labute approximate surface area is 121 Å². The largest absolute Gasteiger partial charge is 0.416 e. The Morgan fingerprint density at radius 2 is 1.95 bits per heavy atom. The molecule has 8 heteroatoms. The first-order valence-corrected chi connectivity index (χ1v) is 6.64. The Hall–Kier alpha value is -0.980. The zero-order valence-corrected chi connectivity index (χ0v) is 11.6. The highest BCUT2D eigenvalue weighted by Gasteiger charge is 2.31. The molecule has 2 rings (SSSR count). The minimum atomic E-state index is -4.42. The molecule has 0 radical (unpaired) electrons. The Morgan fingerprint density at radius 1 is 1.21 bits per heavy atom.